The Morgan fingerprint density at radius 2 is 2.07 bits per heavy atom. The molecule has 0 amide bonds. The molecular formula is C14H20S. The summed E-state index contributed by atoms with van der Waals surface area (Å²) < 4.78 is 0. The lowest BCUT2D eigenvalue weighted by atomic mass is 10.1. The second kappa shape index (κ2) is 6.69. The van der Waals surface area contributed by atoms with Crippen LogP contribution in [-0.2, 0) is 6.42 Å². The van der Waals surface area contributed by atoms with E-state index in [1.807, 2.05) is 18.3 Å². The minimum absolute atomic E-state index is 1.20. The van der Waals surface area contributed by atoms with Gasteiger partial charge in [0, 0.05) is 4.88 Å². The summed E-state index contributed by atoms with van der Waals surface area (Å²) in [5, 5.41) is 0. The Kier molecular flexibility index (Phi) is 5.50. The van der Waals surface area contributed by atoms with Gasteiger partial charge in [-0.25, -0.2) is 0 Å². The maximum absolute atomic E-state index is 3.21. The first kappa shape index (κ1) is 12.3. The van der Waals surface area contributed by atoms with Crippen molar-refractivity contribution in [1.82, 2.24) is 0 Å². The molecule has 82 valence electrons. The maximum Gasteiger partial charge on any atom is 0.0803 e. The SMILES string of the molecule is CC#Cc1sc(C)cc1CCCCCC. The molecule has 0 fully saturated rings. The zero-order valence-corrected chi connectivity index (χ0v) is 10.8. The zero-order valence-electron chi connectivity index (χ0n) is 10.0. The second-order valence-electron chi connectivity index (χ2n) is 3.90. The highest BCUT2D eigenvalue weighted by Gasteiger charge is 2.04. The first-order valence-corrected chi connectivity index (χ1v) is 6.61. The summed E-state index contributed by atoms with van der Waals surface area (Å²) in [6.07, 6.45) is 6.53. The van der Waals surface area contributed by atoms with Crippen molar-refractivity contribution in [2.45, 2.75) is 52.9 Å². The maximum atomic E-state index is 3.21. The molecule has 1 heterocycles. The molecule has 0 radical (unpaired) electrons. The number of hydrogen-bond donors (Lipinski definition) is 0. The van der Waals surface area contributed by atoms with E-state index in [4.69, 9.17) is 0 Å². The van der Waals surface area contributed by atoms with Crippen LogP contribution in [0.1, 0.15) is 54.8 Å². The number of unbranched alkanes of at least 4 members (excludes halogenated alkanes) is 3. The highest BCUT2D eigenvalue weighted by molar-refractivity contribution is 7.12. The number of thiophene rings is 1. The Morgan fingerprint density at radius 1 is 1.27 bits per heavy atom. The summed E-state index contributed by atoms with van der Waals surface area (Å²) in [6.45, 7) is 6.33. The predicted molar refractivity (Wildman–Crippen MR) is 69.5 cm³/mol. The van der Waals surface area contributed by atoms with Gasteiger partial charge in [-0.1, -0.05) is 32.1 Å². The van der Waals surface area contributed by atoms with E-state index < -0.39 is 0 Å². The third-order valence-corrected chi connectivity index (χ3v) is 3.48. The molecule has 0 unspecified atom stereocenters. The molecule has 15 heavy (non-hydrogen) atoms. The van der Waals surface area contributed by atoms with Crippen molar-refractivity contribution in [2.24, 2.45) is 0 Å². The molecule has 1 rings (SSSR count). The molecule has 0 saturated heterocycles. The van der Waals surface area contributed by atoms with Gasteiger partial charge in [-0.2, -0.15) is 0 Å². The quantitative estimate of drug-likeness (QED) is 0.504. The van der Waals surface area contributed by atoms with Gasteiger partial charge >= 0.3 is 0 Å². The third-order valence-electron chi connectivity index (χ3n) is 2.47. The predicted octanol–water partition coefficient (Wildman–Crippen LogP) is 4.55. The van der Waals surface area contributed by atoms with Crippen molar-refractivity contribution in [3.8, 4) is 11.8 Å². The van der Waals surface area contributed by atoms with Crippen LogP contribution in [0.5, 0.6) is 0 Å². The Hall–Kier alpha value is -0.740. The summed E-state index contributed by atoms with van der Waals surface area (Å²) in [4.78, 5) is 2.67. The molecule has 0 spiro atoms. The minimum Gasteiger partial charge on any atom is -0.132 e. The average Bonchev–Trinajstić information content (AvgIpc) is 2.55. The minimum atomic E-state index is 1.20. The summed E-state index contributed by atoms with van der Waals surface area (Å²) in [5.74, 6) is 6.21. The summed E-state index contributed by atoms with van der Waals surface area (Å²) >= 11 is 1.83. The van der Waals surface area contributed by atoms with Crippen molar-refractivity contribution in [2.75, 3.05) is 0 Å². The fourth-order valence-corrected chi connectivity index (χ4v) is 2.68. The third kappa shape index (κ3) is 4.10. The molecule has 1 aromatic rings. The van der Waals surface area contributed by atoms with Gasteiger partial charge in [0.15, 0.2) is 0 Å². The molecule has 0 aliphatic heterocycles. The number of hydrogen-bond acceptors (Lipinski definition) is 1. The van der Waals surface area contributed by atoms with Crippen molar-refractivity contribution in [1.29, 1.82) is 0 Å². The first-order chi connectivity index (χ1) is 7.27. The lowest BCUT2D eigenvalue weighted by Gasteiger charge is -1.98. The van der Waals surface area contributed by atoms with Gasteiger partial charge in [-0.05, 0) is 38.3 Å². The van der Waals surface area contributed by atoms with E-state index in [-0.39, 0.29) is 0 Å². The van der Waals surface area contributed by atoms with Crippen molar-refractivity contribution in [3.05, 3.63) is 21.4 Å². The van der Waals surface area contributed by atoms with Gasteiger partial charge in [-0.15, -0.1) is 17.3 Å². The van der Waals surface area contributed by atoms with Gasteiger partial charge in [0.05, 0.1) is 4.88 Å². The highest BCUT2D eigenvalue weighted by Crippen LogP contribution is 2.22. The van der Waals surface area contributed by atoms with E-state index in [9.17, 15) is 0 Å². The number of rotatable bonds is 5. The molecule has 0 bridgehead atoms. The molecular weight excluding hydrogens is 200 g/mol. The summed E-state index contributed by atoms with van der Waals surface area (Å²) in [5.41, 5.74) is 1.46. The normalized spacial score (nSPS) is 9.80. The van der Waals surface area contributed by atoms with Crippen LogP contribution >= 0.6 is 11.3 Å². The molecule has 0 atom stereocenters. The van der Waals surface area contributed by atoms with E-state index in [1.165, 1.54) is 47.4 Å². The van der Waals surface area contributed by atoms with Crippen LogP contribution in [0.4, 0.5) is 0 Å². The molecule has 0 N–H and O–H groups in total. The molecule has 0 aromatic carbocycles. The molecule has 0 aliphatic rings. The van der Waals surface area contributed by atoms with Crippen LogP contribution < -0.4 is 0 Å². The topological polar surface area (TPSA) is 0 Å². The lowest BCUT2D eigenvalue weighted by Crippen LogP contribution is -1.85. The molecule has 1 aromatic heterocycles. The highest BCUT2D eigenvalue weighted by atomic mass is 32.1. The van der Waals surface area contributed by atoms with Crippen LogP contribution in [0.15, 0.2) is 6.07 Å². The zero-order chi connectivity index (χ0) is 11.1. The summed E-state index contributed by atoms with van der Waals surface area (Å²) in [7, 11) is 0. The monoisotopic (exact) mass is 220 g/mol. The van der Waals surface area contributed by atoms with Gasteiger partial charge in [0.1, 0.15) is 0 Å². The van der Waals surface area contributed by atoms with Crippen molar-refractivity contribution in [3.63, 3.8) is 0 Å². The Balaban J connectivity index is 2.54. The van der Waals surface area contributed by atoms with Crippen LogP contribution in [0.3, 0.4) is 0 Å². The van der Waals surface area contributed by atoms with E-state index in [0.29, 0.717) is 0 Å². The average molecular weight is 220 g/mol. The van der Waals surface area contributed by atoms with Gasteiger partial charge in [-0.3, -0.25) is 0 Å². The van der Waals surface area contributed by atoms with Gasteiger partial charge < -0.3 is 0 Å². The standard InChI is InChI=1S/C14H20S/c1-4-6-7-8-10-13-11-12(3)15-14(13)9-5-2/h11H,4,6-8,10H2,1-3H3. The van der Waals surface area contributed by atoms with E-state index in [1.54, 1.807) is 0 Å². The van der Waals surface area contributed by atoms with Crippen molar-refractivity contribution >= 4 is 11.3 Å². The Labute approximate surface area is 97.7 Å². The van der Waals surface area contributed by atoms with Crippen LogP contribution in [-0.4, -0.2) is 0 Å². The van der Waals surface area contributed by atoms with Gasteiger partial charge in [0.2, 0.25) is 0 Å². The number of aryl methyl sites for hydroxylation is 2. The summed E-state index contributed by atoms with van der Waals surface area (Å²) in [6, 6.07) is 2.30. The lowest BCUT2D eigenvalue weighted by molar-refractivity contribution is 0.667. The molecule has 1 heteroatoms. The van der Waals surface area contributed by atoms with E-state index in [2.05, 4.69) is 31.8 Å². The Bertz CT molecular complexity index is 349. The van der Waals surface area contributed by atoms with E-state index >= 15 is 0 Å². The molecule has 0 saturated carbocycles. The first-order valence-electron chi connectivity index (χ1n) is 5.80. The second-order valence-corrected chi connectivity index (χ2v) is 5.15. The van der Waals surface area contributed by atoms with Crippen LogP contribution in [0.25, 0.3) is 0 Å². The smallest absolute Gasteiger partial charge is 0.0803 e. The van der Waals surface area contributed by atoms with Crippen molar-refractivity contribution < 1.29 is 0 Å². The van der Waals surface area contributed by atoms with E-state index in [0.717, 1.165) is 0 Å². The van der Waals surface area contributed by atoms with Crippen LogP contribution in [0.2, 0.25) is 0 Å². The molecule has 0 aliphatic carbocycles. The fraction of sp³-hybridized carbons (Fsp3) is 0.571. The molecule has 0 nitrogen and oxygen atoms in total. The largest absolute Gasteiger partial charge is 0.132 e. The Morgan fingerprint density at radius 3 is 2.73 bits per heavy atom. The van der Waals surface area contributed by atoms with Crippen LogP contribution in [0, 0.1) is 18.8 Å². The fourth-order valence-electron chi connectivity index (χ4n) is 1.71. The van der Waals surface area contributed by atoms with Gasteiger partial charge in [0.25, 0.3) is 0 Å².